The molecule has 0 saturated carbocycles. The van der Waals surface area contributed by atoms with Crippen molar-refractivity contribution in [2.75, 3.05) is 6.54 Å². The second kappa shape index (κ2) is 5.13. The van der Waals surface area contributed by atoms with Crippen molar-refractivity contribution in [3.63, 3.8) is 0 Å². The smallest absolute Gasteiger partial charge is 0.312 e. The molecule has 0 N–H and O–H groups in total. The fraction of sp³-hybridized carbons (Fsp3) is 0.471. The molecule has 2 aliphatic rings. The van der Waals surface area contributed by atoms with Crippen LogP contribution in [0.5, 0.6) is 0 Å². The van der Waals surface area contributed by atoms with Gasteiger partial charge < -0.3 is 4.90 Å². The first-order chi connectivity index (χ1) is 10.5. The summed E-state index contributed by atoms with van der Waals surface area (Å²) in [6.07, 6.45) is 1.65. The SMILES string of the molecule is CC(C)(C#N)c1ccccc1CN1C(=O)C2CCCN2C1=O. The van der Waals surface area contributed by atoms with Gasteiger partial charge in [0.2, 0.25) is 0 Å². The number of rotatable bonds is 3. The maximum atomic E-state index is 12.4. The van der Waals surface area contributed by atoms with Crippen molar-refractivity contribution in [1.82, 2.24) is 9.80 Å². The van der Waals surface area contributed by atoms with E-state index in [9.17, 15) is 14.9 Å². The summed E-state index contributed by atoms with van der Waals surface area (Å²) in [5.74, 6) is -0.105. The molecule has 1 aromatic carbocycles. The van der Waals surface area contributed by atoms with E-state index in [2.05, 4.69) is 6.07 Å². The number of nitriles is 1. The van der Waals surface area contributed by atoms with Crippen LogP contribution in [0.15, 0.2) is 24.3 Å². The van der Waals surface area contributed by atoms with Crippen LogP contribution in [0.4, 0.5) is 4.79 Å². The zero-order chi connectivity index (χ0) is 15.9. The molecule has 114 valence electrons. The standard InChI is InChI=1S/C17H19N3O2/c1-17(2,11-18)13-7-4-3-6-12(13)10-20-15(21)14-8-5-9-19(14)16(20)22/h3-4,6-7,14H,5,8-10H2,1-2H3. The summed E-state index contributed by atoms with van der Waals surface area (Å²) in [5.41, 5.74) is 1.07. The lowest BCUT2D eigenvalue weighted by atomic mass is 9.83. The van der Waals surface area contributed by atoms with Crippen LogP contribution >= 0.6 is 0 Å². The largest absolute Gasteiger partial charge is 0.327 e. The molecule has 0 bridgehead atoms. The molecule has 1 atom stereocenters. The number of nitrogens with zero attached hydrogens (tertiary/aromatic N) is 3. The van der Waals surface area contributed by atoms with E-state index < -0.39 is 5.41 Å². The number of carbonyl (C=O) groups excluding carboxylic acids is 2. The molecule has 3 rings (SSSR count). The molecule has 22 heavy (non-hydrogen) atoms. The number of hydrogen-bond acceptors (Lipinski definition) is 3. The summed E-state index contributed by atoms with van der Waals surface area (Å²) in [5, 5.41) is 9.36. The molecule has 2 fully saturated rings. The summed E-state index contributed by atoms with van der Waals surface area (Å²) >= 11 is 0. The van der Waals surface area contributed by atoms with Crippen LogP contribution in [-0.4, -0.2) is 34.3 Å². The summed E-state index contributed by atoms with van der Waals surface area (Å²) in [7, 11) is 0. The van der Waals surface area contributed by atoms with Crippen molar-refractivity contribution < 1.29 is 9.59 Å². The zero-order valence-corrected chi connectivity index (χ0v) is 12.9. The van der Waals surface area contributed by atoms with Crippen LogP contribution in [0.25, 0.3) is 0 Å². The maximum Gasteiger partial charge on any atom is 0.327 e. The molecule has 5 heteroatoms. The third-order valence-corrected chi connectivity index (χ3v) is 4.58. The average Bonchev–Trinajstić information content (AvgIpc) is 3.08. The van der Waals surface area contributed by atoms with E-state index in [-0.39, 0.29) is 24.5 Å². The van der Waals surface area contributed by atoms with E-state index in [0.717, 1.165) is 24.0 Å². The van der Waals surface area contributed by atoms with Crippen molar-refractivity contribution in [1.29, 1.82) is 5.26 Å². The van der Waals surface area contributed by atoms with Gasteiger partial charge in [0.1, 0.15) is 6.04 Å². The van der Waals surface area contributed by atoms with Crippen molar-refractivity contribution >= 4 is 11.9 Å². The first kappa shape index (κ1) is 14.6. The first-order valence-electron chi connectivity index (χ1n) is 7.57. The highest BCUT2D eigenvalue weighted by Crippen LogP contribution is 2.31. The number of urea groups is 1. The van der Waals surface area contributed by atoms with Crippen LogP contribution in [0, 0.1) is 11.3 Å². The van der Waals surface area contributed by atoms with Gasteiger partial charge in [-0.25, -0.2) is 4.79 Å². The van der Waals surface area contributed by atoms with Crippen molar-refractivity contribution in [2.24, 2.45) is 0 Å². The predicted octanol–water partition coefficient (Wildman–Crippen LogP) is 2.41. The van der Waals surface area contributed by atoms with Crippen molar-refractivity contribution in [3.8, 4) is 6.07 Å². The lowest BCUT2D eigenvalue weighted by Crippen LogP contribution is -2.33. The van der Waals surface area contributed by atoms with E-state index in [1.54, 1.807) is 4.90 Å². The van der Waals surface area contributed by atoms with Crippen molar-refractivity contribution in [3.05, 3.63) is 35.4 Å². The van der Waals surface area contributed by atoms with Gasteiger partial charge in [-0.2, -0.15) is 5.26 Å². The highest BCUT2D eigenvalue weighted by Gasteiger charge is 2.47. The topological polar surface area (TPSA) is 64.4 Å². The fourth-order valence-corrected chi connectivity index (χ4v) is 3.33. The molecule has 2 aliphatic heterocycles. The molecule has 3 amide bonds. The number of imide groups is 1. The Kier molecular flexibility index (Phi) is 3.40. The molecule has 2 heterocycles. The molecule has 0 aliphatic carbocycles. The minimum atomic E-state index is -0.654. The first-order valence-corrected chi connectivity index (χ1v) is 7.57. The third kappa shape index (κ3) is 2.16. The van der Waals surface area contributed by atoms with Gasteiger partial charge in [0.15, 0.2) is 0 Å². The molecule has 1 unspecified atom stereocenters. The minimum absolute atomic E-state index is 0.105. The zero-order valence-electron chi connectivity index (χ0n) is 12.9. The van der Waals surface area contributed by atoms with Gasteiger partial charge in [-0.1, -0.05) is 24.3 Å². The van der Waals surface area contributed by atoms with E-state index in [4.69, 9.17) is 0 Å². The fourth-order valence-electron chi connectivity index (χ4n) is 3.33. The molecular weight excluding hydrogens is 278 g/mol. The monoisotopic (exact) mass is 297 g/mol. The molecule has 5 nitrogen and oxygen atoms in total. The highest BCUT2D eigenvalue weighted by molar-refractivity contribution is 6.04. The van der Waals surface area contributed by atoms with Gasteiger partial charge in [0, 0.05) is 6.54 Å². The molecular formula is C17H19N3O2. The molecule has 0 radical (unpaired) electrons. The number of benzene rings is 1. The van der Waals surface area contributed by atoms with Crippen LogP contribution in [0.1, 0.15) is 37.8 Å². The van der Waals surface area contributed by atoms with Crippen molar-refractivity contribution in [2.45, 2.75) is 44.7 Å². The maximum absolute atomic E-state index is 12.4. The normalized spacial score (nSPS) is 21.2. The number of amides is 3. The van der Waals surface area contributed by atoms with Crippen LogP contribution in [-0.2, 0) is 16.8 Å². The Labute approximate surface area is 130 Å². The van der Waals surface area contributed by atoms with Gasteiger partial charge in [0.05, 0.1) is 18.0 Å². The number of fused-ring (bicyclic) bond motifs is 1. The van der Waals surface area contributed by atoms with Crippen LogP contribution in [0.3, 0.4) is 0 Å². The lowest BCUT2D eigenvalue weighted by Gasteiger charge is -2.23. The van der Waals surface area contributed by atoms with E-state index in [1.807, 2.05) is 38.1 Å². The average molecular weight is 297 g/mol. The Hall–Kier alpha value is -2.35. The summed E-state index contributed by atoms with van der Waals surface area (Å²) in [6, 6.07) is 9.35. The van der Waals surface area contributed by atoms with E-state index in [1.165, 1.54) is 4.90 Å². The highest BCUT2D eigenvalue weighted by atomic mass is 16.2. The van der Waals surface area contributed by atoms with Crippen LogP contribution in [0.2, 0.25) is 0 Å². The summed E-state index contributed by atoms with van der Waals surface area (Å²) in [6.45, 7) is 4.60. The molecule has 1 aromatic rings. The second-order valence-electron chi connectivity index (χ2n) is 6.45. The Bertz CT molecular complexity index is 653. The molecule has 2 saturated heterocycles. The molecule has 0 aromatic heterocycles. The minimum Gasteiger partial charge on any atom is -0.312 e. The Morgan fingerprint density at radius 3 is 2.73 bits per heavy atom. The second-order valence-corrected chi connectivity index (χ2v) is 6.45. The Balaban J connectivity index is 1.90. The summed E-state index contributed by atoms with van der Waals surface area (Å²) < 4.78 is 0. The summed E-state index contributed by atoms with van der Waals surface area (Å²) in [4.78, 5) is 27.8. The third-order valence-electron chi connectivity index (χ3n) is 4.58. The van der Waals surface area contributed by atoms with Gasteiger partial charge in [-0.15, -0.1) is 0 Å². The van der Waals surface area contributed by atoms with Gasteiger partial charge in [-0.3, -0.25) is 9.69 Å². The quantitative estimate of drug-likeness (QED) is 0.805. The lowest BCUT2D eigenvalue weighted by molar-refractivity contribution is -0.128. The van der Waals surface area contributed by atoms with E-state index in [0.29, 0.717) is 6.54 Å². The van der Waals surface area contributed by atoms with E-state index >= 15 is 0 Å². The Morgan fingerprint density at radius 2 is 2.05 bits per heavy atom. The number of hydrogen-bond donors (Lipinski definition) is 0. The Morgan fingerprint density at radius 1 is 1.32 bits per heavy atom. The van der Waals surface area contributed by atoms with Gasteiger partial charge in [-0.05, 0) is 37.8 Å². The van der Waals surface area contributed by atoms with Gasteiger partial charge >= 0.3 is 6.03 Å². The molecule has 0 spiro atoms. The predicted molar refractivity (Wildman–Crippen MR) is 80.8 cm³/mol. The number of carbonyl (C=O) groups is 2. The van der Waals surface area contributed by atoms with Gasteiger partial charge in [0.25, 0.3) is 5.91 Å². The van der Waals surface area contributed by atoms with Crippen LogP contribution < -0.4 is 0 Å².